The van der Waals surface area contributed by atoms with Gasteiger partial charge in [-0.1, -0.05) is 30.9 Å². The van der Waals surface area contributed by atoms with E-state index in [1.54, 1.807) is 18.2 Å². The maximum absolute atomic E-state index is 10.1. The fraction of sp³-hybridized carbons (Fsp3) is 0.290. The number of hydrogen-bond acceptors (Lipinski definition) is 11. The Balaban J connectivity index is 1.16. The van der Waals surface area contributed by atoms with Crippen molar-refractivity contribution in [2.24, 2.45) is 0 Å². The van der Waals surface area contributed by atoms with E-state index in [0.29, 0.717) is 41.7 Å². The molecular weight excluding hydrogens is 568 g/mol. The molecule has 0 aliphatic heterocycles. The molecule has 7 N–H and O–H groups in total. The smallest absolute Gasteiger partial charge is 0.233 e. The lowest BCUT2D eigenvalue weighted by Crippen LogP contribution is -2.24. The summed E-state index contributed by atoms with van der Waals surface area (Å²) in [6, 6.07) is 15.2. The number of pyridine rings is 1. The molecule has 0 atom stereocenters. The van der Waals surface area contributed by atoms with Crippen LogP contribution in [0.5, 0.6) is 17.2 Å². The minimum atomic E-state index is -0.0731. The van der Waals surface area contributed by atoms with E-state index in [1.165, 1.54) is 37.5 Å². The van der Waals surface area contributed by atoms with Crippen molar-refractivity contribution in [3.8, 4) is 17.2 Å². The average molecular weight is 601 g/mol. The predicted molar refractivity (Wildman–Crippen MR) is 171 cm³/mol. The summed E-state index contributed by atoms with van der Waals surface area (Å²) in [7, 11) is 0. The highest BCUT2D eigenvalue weighted by Gasteiger charge is 2.16. The number of fused-ring (bicyclic) bond motifs is 2. The van der Waals surface area contributed by atoms with Crippen molar-refractivity contribution in [2.75, 3.05) is 34.4 Å². The molecule has 1 fully saturated rings. The first-order valence-corrected chi connectivity index (χ1v) is 14.8. The summed E-state index contributed by atoms with van der Waals surface area (Å²) >= 11 is 6.23. The van der Waals surface area contributed by atoms with E-state index in [4.69, 9.17) is 16.6 Å². The molecule has 0 radical (unpaired) electrons. The molecule has 2 heterocycles. The molecule has 0 unspecified atom stereocenters. The third-order valence-electron chi connectivity index (χ3n) is 7.39. The van der Waals surface area contributed by atoms with E-state index < -0.39 is 0 Å². The molecule has 6 rings (SSSR count). The van der Waals surface area contributed by atoms with E-state index in [9.17, 15) is 15.3 Å². The lowest BCUT2D eigenvalue weighted by molar-refractivity contribution is 0.451. The zero-order valence-corrected chi connectivity index (χ0v) is 24.2. The number of nitrogens with zero attached hydrogens (tertiary/aromatic N) is 4. The molecule has 11 nitrogen and oxygen atoms in total. The van der Waals surface area contributed by atoms with Crippen LogP contribution in [-0.2, 0) is 0 Å². The maximum atomic E-state index is 10.1. The van der Waals surface area contributed by atoms with Gasteiger partial charge in [-0.05, 0) is 55.7 Å². The molecule has 222 valence electrons. The van der Waals surface area contributed by atoms with Crippen molar-refractivity contribution in [2.45, 2.75) is 44.6 Å². The normalized spacial score (nSPS) is 13.7. The van der Waals surface area contributed by atoms with Gasteiger partial charge in [0.25, 0.3) is 0 Å². The summed E-state index contributed by atoms with van der Waals surface area (Å²) < 4.78 is 0. The zero-order valence-electron chi connectivity index (χ0n) is 23.4. The quantitative estimate of drug-likeness (QED) is 0.0671. The molecule has 0 bridgehead atoms. The summed E-state index contributed by atoms with van der Waals surface area (Å²) in [5, 5.41) is 45.6. The largest absolute Gasteiger partial charge is 0.508 e. The Bertz CT molecular complexity index is 1740. The lowest BCUT2D eigenvalue weighted by atomic mass is 9.96. The number of phenols is 3. The minimum absolute atomic E-state index is 0.0731. The third kappa shape index (κ3) is 7.00. The van der Waals surface area contributed by atoms with Gasteiger partial charge in [-0.25, -0.2) is 4.98 Å². The number of hydrogen-bond donors (Lipinski definition) is 7. The average Bonchev–Trinajstić information content (AvgIpc) is 2.96. The number of halogens is 1. The van der Waals surface area contributed by atoms with Crippen LogP contribution in [0.25, 0.3) is 21.8 Å². The van der Waals surface area contributed by atoms with Gasteiger partial charge in [0.05, 0.1) is 16.7 Å². The Kier molecular flexibility index (Phi) is 8.32. The second-order valence-corrected chi connectivity index (χ2v) is 11.1. The molecule has 3 aromatic carbocycles. The van der Waals surface area contributed by atoms with Crippen LogP contribution < -0.4 is 21.3 Å². The first-order valence-electron chi connectivity index (χ1n) is 14.4. The fourth-order valence-electron chi connectivity index (χ4n) is 5.40. The Morgan fingerprint density at radius 1 is 0.674 bits per heavy atom. The van der Waals surface area contributed by atoms with Crippen LogP contribution in [0.3, 0.4) is 0 Å². The van der Waals surface area contributed by atoms with Crippen molar-refractivity contribution >= 4 is 62.6 Å². The van der Waals surface area contributed by atoms with Gasteiger partial charge in [0.1, 0.15) is 17.2 Å². The molecule has 0 spiro atoms. The first-order chi connectivity index (χ1) is 20.9. The third-order valence-corrected chi connectivity index (χ3v) is 7.63. The van der Waals surface area contributed by atoms with Crippen LogP contribution in [-0.4, -0.2) is 54.4 Å². The molecule has 0 saturated heterocycles. The topological polar surface area (TPSA) is 160 Å². The zero-order chi connectivity index (χ0) is 29.8. The van der Waals surface area contributed by atoms with Crippen molar-refractivity contribution in [3.05, 3.63) is 59.6 Å². The summed E-state index contributed by atoms with van der Waals surface area (Å²) in [6.45, 7) is 1.20. The monoisotopic (exact) mass is 600 g/mol. The van der Waals surface area contributed by atoms with Gasteiger partial charge in [0.2, 0.25) is 17.8 Å². The highest BCUT2D eigenvalue weighted by Crippen LogP contribution is 2.34. The number of benzene rings is 3. The summed E-state index contributed by atoms with van der Waals surface area (Å²) in [4.78, 5) is 18.4. The number of nitrogens with one attached hydrogen (secondary N) is 4. The first kappa shape index (κ1) is 28.4. The standard InChI is InChI=1S/C31H33ClN8O3/c32-18-7-9-24-27(13-18)37-26-10-8-21(41)17-25(26)28(24)33-11-4-12-34-29-38-30(35-19-5-2-1-3-6-19)40-31(39-29)36-20-14-22(42)16-23(43)15-20/h7-10,13-17,19,41-43H,1-6,11-12H2,(H,33,37)(H3,34,35,36,38,39,40). The number of anilines is 5. The summed E-state index contributed by atoms with van der Waals surface area (Å²) in [6.07, 6.45) is 6.44. The Morgan fingerprint density at radius 2 is 1.42 bits per heavy atom. The maximum Gasteiger partial charge on any atom is 0.233 e. The predicted octanol–water partition coefficient (Wildman–Crippen LogP) is 6.75. The molecule has 5 aromatic rings. The number of aromatic nitrogens is 4. The van der Waals surface area contributed by atoms with E-state index in [0.717, 1.165) is 46.8 Å². The van der Waals surface area contributed by atoms with E-state index in [2.05, 4.69) is 36.2 Å². The van der Waals surface area contributed by atoms with Crippen LogP contribution in [0.15, 0.2) is 54.6 Å². The molecule has 1 aliphatic rings. The Labute approximate surface area is 253 Å². The molecular formula is C31H33ClN8O3. The SMILES string of the molecule is Oc1cc(O)cc(Nc2nc(NCCCNc3c4ccc(Cl)cc4nc4ccc(O)cc34)nc(NC3CCCCC3)n2)c1. The number of rotatable bonds is 10. The van der Waals surface area contributed by atoms with Crippen LogP contribution in [0.2, 0.25) is 5.02 Å². The second-order valence-electron chi connectivity index (χ2n) is 10.7. The van der Waals surface area contributed by atoms with Gasteiger partial charge < -0.3 is 36.6 Å². The van der Waals surface area contributed by atoms with Gasteiger partial charge in [-0.3, -0.25) is 0 Å². The van der Waals surface area contributed by atoms with Crippen molar-refractivity contribution in [1.82, 2.24) is 19.9 Å². The van der Waals surface area contributed by atoms with Gasteiger partial charge in [0, 0.05) is 58.8 Å². The van der Waals surface area contributed by atoms with Crippen LogP contribution >= 0.6 is 11.6 Å². The molecule has 43 heavy (non-hydrogen) atoms. The molecule has 12 heteroatoms. The molecule has 1 saturated carbocycles. The Hall–Kier alpha value is -4.77. The number of aromatic hydroxyl groups is 3. The van der Waals surface area contributed by atoms with Crippen molar-refractivity contribution in [1.29, 1.82) is 0 Å². The molecule has 1 aliphatic carbocycles. The second kappa shape index (κ2) is 12.6. The Morgan fingerprint density at radius 3 is 2.23 bits per heavy atom. The van der Waals surface area contributed by atoms with Crippen LogP contribution in [0, 0.1) is 0 Å². The van der Waals surface area contributed by atoms with Gasteiger partial charge >= 0.3 is 0 Å². The van der Waals surface area contributed by atoms with Crippen molar-refractivity contribution < 1.29 is 15.3 Å². The van der Waals surface area contributed by atoms with Gasteiger partial charge in [-0.15, -0.1) is 0 Å². The van der Waals surface area contributed by atoms with Gasteiger partial charge in [0.15, 0.2) is 0 Å². The van der Waals surface area contributed by atoms with E-state index in [-0.39, 0.29) is 23.2 Å². The minimum Gasteiger partial charge on any atom is -0.508 e. The lowest BCUT2D eigenvalue weighted by Gasteiger charge is -2.23. The fourth-order valence-corrected chi connectivity index (χ4v) is 5.57. The molecule has 2 aromatic heterocycles. The van der Waals surface area contributed by atoms with E-state index >= 15 is 0 Å². The van der Waals surface area contributed by atoms with Crippen LogP contribution in [0.4, 0.5) is 29.2 Å². The summed E-state index contributed by atoms with van der Waals surface area (Å²) in [5.74, 6) is 1.17. The van der Waals surface area contributed by atoms with Crippen molar-refractivity contribution in [3.63, 3.8) is 0 Å². The van der Waals surface area contributed by atoms with E-state index in [1.807, 2.05) is 18.2 Å². The van der Waals surface area contributed by atoms with Gasteiger partial charge in [-0.2, -0.15) is 15.0 Å². The number of phenolic OH excluding ortho intramolecular Hbond substituents is 3. The molecule has 0 amide bonds. The van der Waals surface area contributed by atoms with Crippen LogP contribution in [0.1, 0.15) is 38.5 Å². The summed E-state index contributed by atoms with van der Waals surface area (Å²) in [5.41, 5.74) is 2.87. The highest BCUT2D eigenvalue weighted by molar-refractivity contribution is 6.31. The highest BCUT2D eigenvalue weighted by atomic mass is 35.5.